The van der Waals surface area contributed by atoms with Gasteiger partial charge in [0.2, 0.25) is 0 Å². The Morgan fingerprint density at radius 1 is 1.08 bits per heavy atom. The number of carbonyl (C=O) groups is 1. The van der Waals surface area contributed by atoms with Gasteiger partial charge in [0, 0.05) is 5.69 Å². The van der Waals surface area contributed by atoms with E-state index in [0.29, 0.717) is 18.3 Å². The SMILES string of the molecule is CC(C)c1ccccc1NC(=O)c1ccc(NCc2ccco2)nn1. The Morgan fingerprint density at radius 2 is 1.92 bits per heavy atom. The number of para-hydroxylation sites is 1. The Morgan fingerprint density at radius 3 is 2.60 bits per heavy atom. The molecule has 0 aliphatic carbocycles. The molecule has 0 saturated carbocycles. The van der Waals surface area contributed by atoms with E-state index in [2.05, 4.69) is 34.7 Å². The first kappa shape index (κ1) is 16.7. The maximum atomic E-state index is 12.4. The van der Waals surface area contributed by atoms with Crippen LogP contribution in [0, 0.1) is 0 Å². The Hall–Kier alpha value is -3.15. The van der Waals surface area contributed by atoms with Crippen molar-refractivity contribution in [3.8, 4) is 0 Å². The molecule has 0 spiro atoms. The minimum atomic E-state index is -0.279. The molecular formula is C19H20N4O2. The fourth-order valence-corrected chi connectivity index (χ4v) is 2.44. The smallest absolute Gasteiger partial charge is 0.276 e. The second-order valence-electron chi connectivity index (χ2n) is 5.93. The molecule has 2 heterocycles. The molecule has 6 nitrogen and oxygen atoms in total. The fourth-order valence-electron chi connectivity index (χ4n) is 2.44. The van der Waals surface area contributed by atoms with Crippen LogP contribution in [-0.2, 0) is 6.54 Å². The van der Waals surface area contributed by atoms with Crippen LogP contribution >= 0.6 is 0 Å². The van der Waals surface area contributed by atoms with Gasteiger partial charge in [-0.15, -0.1) is 10.2 Å². The van der Waals surface area contributed by atoms with E-state index in [0.717, 1.165) is 17.0 Å². The number of aromatic nitrogens is 2. The van der Waals surface area contributed by atoms with Gasteiger partial charge in [0.1, 0.15) is 11.6 Å². The van der Waals surface area contributed by atoms with Crippen LogP contribution in [0.1, 0.15) is 41.6 Å². The predicted molar refractivity (Wildman–Crippen MR) is 96.6 cm³/mol. The average molecular weight is 336 g/mol. The van der Waals surface area contributed by atoms with Crippen LogP contribution in [0.4, 0.5) is 11.5 Å². The van der Waals surface area contributed by atoms with E-state index in [4.69, 9.17) is 4.42 Å². The molecule has 25 heavy (non-hydrogen) atoms. The molecule has 3 rings (SSSR count). The maximum Gasteiger partial charge on any atom is 0.276 e. The summed E-state index contributed by atoms with van der Waals surface area (Å²) in [6.07, 6.45) is 1.62. The Bertz CT molecular complexity index is 827. The third-order valence-electron chi connectivity index (χ3n) is 3.75. The first-order valence-corrected chi connectivity index (χ1v) is 8.14. The summed E-state index contributed by atoms with van der Waals surface area (Å²) in [6, 6.07) is 14.8. The normalized spacial score (nSPS) is 10.7. The number of rotatable bonds is 6. The minimum Gasteiger partial charge on any atom is -0.467 e. The number of nitrogens with one attached hydrogen (secondary N) is 2. The molecule has 0 saturated heterocycles. The van der Waals surface area contributed by atoms with Gasteiger partial charge in [0.25, 0.3) is 5.91 Å². The van der Waals surface area contributed by atoms with Crippen molar-refractivity contribution in [2.45, 2.75) is 26.3 Å². The highest BCUT2D eigenvalue weighted by Crippen LogP contribution is 2.24. The van der Waals surface area contributed by atoms with Crippen LogP contribution in [-0.4, -0.2) is 16.1 Å². The van der Waals surface area contributed by atoms with Crippen LogP contribution in [0.15, 0.2) is 59.2 Å². The summed E-state index contributed by atoms with van der Waals surface area (Å²) < 4.78 is 5.24. The number of hydrogen-bond acceptors (Lipinski definition) is 5. The van der Waals surface area contributed by atoms with Gasteiger partial charge in [0.05, 0.1) is 12.8 Å². The molecule has 2 aromatic heterocycles. The fraction of sp³-hybridized carbons (Fsp3) is 0.211. The van der Waals surface area contributed by atoms with Crippen LogP contribution in [0.3, 0.4) is 0 Å². The van der Waals surface area contributed by atoms with Crippen molar-refractivity contribution >= 4 is 17.4 Å². The molecule has 0 unspecified atom stereocenters. The molecule has 0 bridgehead atoms. The molecule has 0 radical (unpaired) electrons. The third kappa shape index (κ3) is 4.23. The van der Waals surface area contributed by atoms with E-state index in [1.807, 2.05) is 36.4 Å². The Kier molecular flexibility index (Phi) is 5.09. The molecule has 0 aliphatic rings. The summed E-state index contributed by atoms with van der Waals surface area (Å²) in [4.78, 5) is 12.4. The van der Waals surface area contributed by atoms with Gasteiger partial charge >= 0.3 is 0 Å². The molecule has 3 aromatic rings. The monoisotopic (exact) mass is 336 g/mol. The number of carbonyl (C=O) groups excluding carboxylic acids is 1. The molecule has 1 amide bonds. The summed E-state index contributed by atoms with van der Waals surface area (Å²) in [5, 5.41) is 14.0. The average Bonchev–Trinajstić information content (AvgIpc) is 3.14. The van der Waals surface area contributed by atoms with Crippen LogP contribution < -0.4 is 10.6 Å². The first-order chi connectivity index (χ1) is 12.1. The zero-order valence-electron chi connectivity index (χ0n) is 14.2. The van der Waals surface area contributed by atoms with Gasteiger partial charge in [-0.2, -0.15) is 0 Å². The number of nitrogens with zero attached hydrogens (tertiary/aromatic N) is 2. The number of anilines is 2. The zero-order chi connectivity index (χ0) is 17.6. The second kappa shape index (κ2) is 7.61. The van der Waals surface area contributed by atoms with E-state index in [-0.39, 0.29) is 11.6 Å². The van der Waals surface area contributed by atoms with E-state index >= 15 is 0 Å². The second-order valence-corrected chi connectivity index (χ2v) is 5.93. The van der Waals surface area contributed by atoms with Crippen molar-refractivity contribution in [2.24, 2.45) is 0 Å². The van der Waals surface area contributed by atoms with Crippen molar-refractivity contribution in [2.75, 3.05) is 10.6 Å². The Balaban J connectivity index is 1.65. The molecule has 6 heteroatoms. The third-order valence-corrected chi connectivity index (χ3v) is 3.75. The molecule has 128 valence electrons. The number of benzene rings is 1. The summed E-state index contributed by atoms with van der Waals surface area (Å²) >= 11 is 0. The van der Waals surface area contributed by atoms with Crippen molar-refractivity contribution in [1.29, 1.82) is 0 Å². The maximum absolute atomic E-state index is 12.4. The van der Waals surface area contributed by atoms with Gasteiger partial charge in [-0.25, -0.2) is 0 Å². The van der Waals surface area contributed by atoms with Gasteiger partial charge in [0.15, 0.2) is 5.69 Å². The summed E-state index contributed by atoms with van der Waals surface area (Å²) in [6.45, 7) is 4.68. The topological polar surface area (TPSA) is 80.0 Å². The molecule has 1 aromatic carbocycles. The largest absolute Gasteiger partial charge is 0.467 e. The van der Waals surface area contributed by atoms with Crippen LogP contribution in [0.5, 0.6) is 0 Å². The number of amides is 1. The minimum absolute atomic E-state index is 0.266. The van der Waals surface area contributed by atoms with Gasteiger partial charge in [-0.1, -0.05) is 32.0 Å². The standard InChI is InChI=1S/C19H20N4O2/c1-13(2)15-7-3-4-8-16(15)21-19(24)17-9-10-18(23-22-17)20-12-14-6-5-11-25-14/h3-11,13H,12H2,1-2H3,(H,20,23)(H,21,24). The number of furan rings is 1. The lowest BCUT2D eigenvalue weighted by Crippen LogP contribution is -2.16. The van der Waals surface area contributed by atoms with E-state index < -0.39 is 0 Å². The van der Waals surface area contributed by atoms with Gasteiger partial charge < -0.3 is 15.1 Å². The van der Waals surface area contributed by atoms with Crippen molar-refractivity contribution in [3.63, 3.8) is 0 Å². The lowest BCUT2D eigenvalue weighted by molar-refractivity contribution is 0.102. The van der Waals surface area contributed by atoms with Crippen molar-refractivity contribution in [3.05, 3.63) is 71.8 Å². The molecule has 0 aliphatic heterocycles. The van der Waals surface area contributed by atoms with Crippen LogP contribution in [0.25, 0.3) is 0 Å². The zero-order valence-corrected chi connectivity index (χ0v) is 14.2. The molecule has 0 fully saturated rings. The quantitative estimate of drug-likeness (QED) is 0.709. The highest BCUT2D eigenvalue weighted by atomic mass is 16.3. The Labute approximate surface area is 146 Å². The van der Waals surface area contributed by atoms with Gasteiger partial charge in [-0.05, 0) is 41.8 Å². The van der Waals surface area contributed by atoms with E-state index in [1.54, 1.807) is 18.4 Å². The van der Waals surface area contributed by atoms with Crippen molar-refractivity contribution in [1.82, 2.24) is 10.2 Å². The first-order valence-electron chi connectivity index (χ1n) is 8.14. The molecular weight excluding hydrogens is 316 g/mol. The molecule has 0 atom stereocenters. The van der Waals surface area contributed by atoms with E-state index in [1.165, 1.54) is 0 Å². The number of hydrogen-bond donors (Lipinski definition) is 2. The lowest BCUT2D eigenvalue weighted by atomic mass is 10.0. The summed E-state index contributed by atoms with van der Waals surface area (Å²) in [7, 11) is 0. The highest BCUT2D eigenvalue weighted by Gasteiger charge is 2.12. The predicted octanol–water partition coefficient (Wildman–Crippen LogP) is 4.06. The van der Waals surface area contributed by atoms with Crippen LogP contribution in [0.2, 0.25) is 0 Å². The van der Waals surface area contributed by atoms with E-state index in [9.17, 15) is 4.79 Å². The summed E-state index contributed by atoms with van der Waals surface area (Å²) in [5.74, 6) is 1.42. The lowest BCUT2D eigenvalue weighted by Gasteiger charge is -2.13. The van der Waals surface area contributed by atoms with Gasteiger partial charge in [-0.3, -0.25) is 4.79 Å². The highest BCUT2D eigenvalue weighted by molar-refractivity contribution is 6.03. The van der Waals surface area contributed by atoms with Crippen molar-refractivity contribution < 1.29 is 9.21 Å². The summed E-state index contributed by atoms with van der Waals surface area (Å²) in [5.41, 5.74) is 2.15. The molecule has 2 N–H and O–H groups in total.